The number of nitrogens with two attached hydrogens (primary N) is 1. The number of aryl methyl sites for hydroxylation is 2. The zero-order valence-corrected chi connectivity index (χ0v) is 9.15. The highest BCUT2D eigenvalue weighted by Gasteiger charge is 2.06. The van der Waals surface area contributed by atoms with E-state index >= 15 is 0 Å². The van der Waals surface area contributed by atoms with E-state index in [0.29, 0.717) is 0 Å². The van der Waals surface area contributed by atoms with Crippen molar-refractivity contribution in [3.63, 3.8) is 0 Å². The molecule has 0 aliphatic carbocycles. The van der Waals surface area contributed by atoms with Crippen LogP contribution < -0.4 is 5.73 Å². The normalized spacial score (nSPS) is 13.0. The molecule has 1 aromatic carbocycles. The molecule has 0 spiro atoms. The molecule has 2 N–H and O–H groups in total. The van der Waals surface area contributed by atoms with E-state index < -0.39 is 0 Å². The summed E-state index contributed by atoms with van der Waals surface area (Å²) in [5.41, 5.74) is 9.28. The standard InChI is InChI=1S/C11H16ClN/c1-7-4-8(2)11(12)10(5-7)6-9(3)13/h4-5,9H,6,13H2,1-3H3. The quantitative estimate of drug-likeness (QED) is 0.776. The first kappa shape index (κ1) is 10.6. The van der Waals surface area contributed by atoms with Crippen LogP contribution >= 0.6 is 11.6 Å². The van der Waals surface area contributed by atoms with Gasteiger partial charge in [0.1, 0.15) is 0 Å². The number of hydrogen-bond acceptors (Lipinski definition) is 1. The van der Waals surface area contributed by atoms with Crippen LogP contribution in [-0.2, 0) is 6.42 Å². The Balaban J connectivity index is 3.05. The molecule has 1 unspecified atom stereocenters. The van der Waals surface area contributed by atoms with Crippen LogP contribution in [0.25, 0.3) is 0 Å². The molecule has 1 rings (SSSR count). The van der Waals surface area contributed by atoms with E-state index in [4.69, 9.17) is 17.3 Å². The zero-order valence-electron chi connectivity index (χ0n) is 8.39. The first-order chi connectivity index (χ1) is 6.00. The smallest absolute Gasteiger partial charge is 0.0467 e. The van der Waals surface area contributed by atoms with Crippen molar-refractivity contribution in [2.45, 2.75) is 33.2 Å². The van der Waals surface area contributed by atoms with Crippen molar-refractivity contribution in [1.29, 1.82) is 0 Å². The second kappa shape index (κ2) is 4.12. The zero-order chi connectivity index (χ0) is 10.0. The molecule has 0 radical (unpaired) electrons. The molecule has 0 saturated carbocycles. The van der Waals surface area contributed by atoms with Crippen LogP contribution in [0.5, 0.6) is 0 Å². The molecule has 0 saturated heterocycles. The van der Waals surface area contributed by atoms with Crippen LogP contribution in [-0.4, -0.2) is 6.04 Å². The topological polar surface area (TPSA) is 26.0 Å². The van der Waals surface area contributed by atoms with Crippen LogP contribution in [0.15, 0.2) is 12.1 Å². The summed E-state index contributed by atoms with van der Waals surface area (Å²) in [4.78, 5) is 0. The first-order valence-corrected chi connectivity index (χ1v) is 4.89. The van der Waals surface area contributed by atoms with Gasteiger partial charge in [-0.25, -0.2) is 0 Å². The monoisotopic (exact) mass is 197 g/mol. The largest absolute Gasteiger partial charge is 0.328 e. The van der Waals surface area contributed by atoms with Gasteiger partial charge in [0.2, 0.25) is 0 Å². The van der Waals surface area contributed by atoms with E-state index in [9.17, 15) is 0 Å². The van der Waals surface area contributed by atoms with Crippen molar-refractivity contribution >= 4 is 11.6 Å². The van der Waals surface area contributed by atoms with Crippen LogP contribution in [0.2, 0.25) is 5.02 Å². The van der Waals surface area contributed by atoms with Gasteiger partial charge in [-0.2, -0.15) is 0 Å². The Morgan fingerprint density at radius 1 is 1.38 bits per heavy atom. The molecule has 0 fully saturated rings. The first-order valence-electron chi connectivity index (χ1n) is 4.52. The molecule has 1 nitrogen and oxygen atoms in total. The molecule has 2 heteroatoms. The Bertz CT molecular complexity index is 305. The van der Waals surface area contributed by atoms with E-state index in [1.165, 1.54) is 5.56 Å². The predicted molar refractivity (Wildman–Crippen MR) is 58.3 cm³/mol. The third-order valence-electron chi connectivity index (χ3n) is 2.02. The second-order valence-corrected chi connectivity index (χ2v) is 4.11. The van der Waals surface area contributed by atoms with E-state index in [0.717, 1.165) is 22.6 Å². The Hall–Kier alpha value is -0.530. The van der Waals surface area contributed by atoms with Crippen LogP contribution in [0, 0.1) is 13.8 Å². The van der Waals surface area contributed by atoms with Gasteiger partial charge in [-0.15, -0.1) is 0 Å². The molecule has 1 aromatic rings. The summed E-state index contributed by atoms with van der Waals surface area (Å²) in [6.45, 7) is 6.10. The van der Waals surface area contributed by atoms with Gasteiger partial charge in [0.05, 0.1) is 0 Å². The maximum absolute atomic E-state index is 6.15. The molecule has 0 aromatic heterocycles. The number of rotatable bonds is 2. The summed E-state index contributed by atoms with van der Waals surface area (Å²) < 4.78 is 0. The molecule has 0 heterocycles. The van der Waals surface area contributed by atoms with Crippen molar-refractivity contribution in [3.05, 3.63) is 33.8 Å². The summed E-state index contributed by atoms with van der Waals surface area (Å²) in [7, 11) is 0. The highest BCUT2D eigenvalue weighted by molar-refractivity contribution is 6.32. The van der Waals surface area contributed by atoms with Gasteiger partial charge in [0, 0.05) is 11.1 Å². The molecule has 0 aliphatic heterocycles. The lowest BCUT2D eigenvalue weighted by Crippen LogP contribution is -2.18. The summed E-state index contributed by atoms with van der Waals surface area (Å²) in [6, 6.07) is 4.37. The Kier molecular flexibility index (Phi) is 3.34. The van der Waals surface area contributed by atoms with E-state index in [1.54, 1.807) is 0 Å². The molecular formula is C11H16ClN. The summed E-state index contributed by atoms with van der Waals surface area (Å²) >= 11 is 6.15. The van der Waals surface area contributed by atoms with Crippen LogP contribution in [0.4, 0.5) is 0 Å². The van der Waals surface area contributed by atoms with Crippen molar-refractivity contribution in [3.8, 4) is 0 Å². The summed E-state index contributed by atoms with van der Waals surface area (Å²) in [5, 5.41) is 0.864. The lowest BCUT2D eigenvalue weighted by molar-refractivity contribution is 0.737. The fourth-order valence-electron chi connectivity index (χ4n) is 1.53. The van der Waals surface area contributed by atoms with Gasteiger partial charge < -0.3 is 5.73 Å². The van der Waals surface area contributed by atoms with Crippen molar-refractivity contribution < 1.29 is 0 Å². The van der Waals surface area contributed by atoms with Crippen LogP contribution in [0.1, 0.15) is 23.6 Å². The molecular weight excluding hydrogens is 182 g/mol. The molecule has 72 valence electrons. The highest BCUT2D eigenvalue weighted by atomic mass is 35.5. The maximum Gasteiger partial charge on any atom is 0.0467 e. The molecule has 0 amide bonds. The SMILES string of the molecule is Cc1cc(C)c(Cl)c(CC(C)N)c1. The van der Waals surface area contributed by atoms with Gasteiger partial charge >= 0.3 is 0 Å². The van der Waals surface area contributed by atoms with Gasteiger partial charge in [-0.05, 0) is 38.3 Å². The van der Waals surface area contributed by atoms with Crippen molar-refractivity contribution in [2.75, 3.05) is 0 Å². The van der Waals surface area contributed by atoms with Gasteiger partial charge in [-0.3, -0.25) is 0 Å². The van der Waals surface area contributed by atoms with Gasteiger partial charge in [-0.1, -0.05) is 29.3 Å². The third-order valence-corrected chi connectivity index (χ3v) is 2.56. The average molecular weight is 198 g/mol. The fourth-order valence-corrected chi connectivity index (χ4v) is 1.72. The predicted octanol–water partition coefficient (Wildman–Crippen LogP) is 2.85. The average Bonchev–Trinajstić information content (AvgIpc) is 1.98. The third kappa shape index (κ3) is 2.71. The molecule has 1 atom stereocenters. The molecule has 13 heavy (non-hydrogen) atoms. The Morgan fingerprint density at radius 2 is 2.00 bits per heavy atom. The van der Waals surface area contributed by atoms with Gasteiger partial charge in [0.15, 0.2) is 0 Å². The summed E-state index contributed by atoms with van der Waals surface area (Å²) in [6.07, 6.45) is 0.849. The van der Waals surface area contributed by atoms with E-state index in [-0.39, 0.29) is 6.04 Å². The number of halogens is 1. The van der Waals surface area contributed by atoms with Gasteiger partial charge in [0.25, 0.3) is 0 Å². The number of benzene rings is 1. The molecule has 0 bridgehead atoms. The Morgan fingerprint density at radius 3 is 2.54 bits per heavy atom. The van der Waals surface area contributed by atoms with Crippen LogP contribution in [0.3, 0.4) is 0 Å². The minimum Gasteiger partial charge on any atom is -0.328 e. The fraction of sp³-hybridized carbons (Fsp3) is 0.455. The molecule has 0 aliphatic rings. The van der Waals surface area contributed by atoms with E-state index in [2.05, 4.69) is 19.1 Å². The maximum atomic E-state index is 6.15. The van der Waals surface area contributed by atoms with Crippen molar-refractivity contribution in [2.24, 2.45) is 5.73 Å². The minimum absolute atomic E-state index is 0.165. The number of hydrogen-bond donors (Lipinski definition) is 1. The summed E-state index contributed by atoms with van der Waals surface area (Å²) in [5.74, 6) is 0. The minimum atomic E-state index is 0.165. The Labute approximate surface area is 84.9 Å². The van der Waals surface area contributed by atoms with Crippen molar-refractivity contribution in [1.82, 2.24) is 0 Å². The van der Waals surface area contributed by atoms with E-state index in [1.807, 2.05) is 13.8 Å². The second-order valence-electron chi connectivity index (χ2n) is 3.74. The lowest BCUT2D eigenvalue weighted by Gasteiger charge is -2.10. The lowest BCUT2D eigenvalue weighted by atomic mass is 10.0. The highest BCUT2D eigenvalue weighted by Crippen LogP contribution is 2.23.